The largest absolute Gasteiger partial charge is 0.309 e. The first kappa shape index (κ1) is 13.5. The molecule has 1 heterocycles. The highest BCUT2D eigenvalue weighted by Gasteiger charge is 2.19. The van der Waals surface area contributed by atoms with Crippen molar-refractivity contribution in [3.8, 4) is 0 Å². The molecule has 18 heavy (non-hydrogen) atoms. The van der Waals surface area contributed by atoms with Gasteiger partial charge >= 0.3 is 0 Å². The summed E-state index contributed by atoms with van der Waals surface area (Å²) < 4.78 is 14.4. The van der Waals surface area contributed by atoms with Gasteiger partial charge in [-0.2, -0.15) is 0 Å². The van der Waals surface area contributed by atoms with Crippen molar-refractivity contribution in [3.63, 3.8) is 0 Å². The Balaban J connectivity index is 2.38. The van der Waals surface area contributed by atoms with Gasteiger partial charge in [0.15, 0.2) is 0 Å². The van der Waals surface area contributed by atoms with E-state index in [1.54, 1.807) is 17.4 Å². The number of hydrogen-bond donors (Lipinski definition) is 1. The van der Waals surface area contributed by atoms with Crippen LogP contribution in [0.1, 0.15) is 38.1 Å². The van der Waals surface area contributed by atoms with Gasteiger partial charge in [0.05, 0.1) is 0 Å². The molecule has 0 spiro atoms. The van der Waals surface area contributed by atoms with Crippen LogP contribution in [0.25, 0.3) is 10.1 Å². The average molecular weight is 265 g/mol. The zero-order valence-corrected chi connectivity index (χ0v) is 12.0. The van der Waals surface area contributed by atoms with Crippen LogP contribution in [0.2, 0.25) is 0 Å². The molecule has 0 aliphatic heterocycles. The van der Waals surface area contributed by atoms with Gasteiger partial charge in [-0.25, -0.2) is 4.39 Å². The Morgan fingerprint density at radius 1 is 1.28 bits per heavy atom. The molecule has 0 aliphatic carbocycles. The molecule has 0 radical (unpaired) electrons. The molecule has 1 aromatic heterocycles. The van der Waals surface area contributed by atoms with Crippen molar-refractivity contribution < 1.29 is 4.39 Å². The van der Waals surface area contributed by atoms with Crippen molar-refractivity contribution in [3.05, 3.63) is 35.0 Å². The number of benzene rings is 1. The van der Waals surface area contributed by atoms with E-state index in [2.05, 4.69) is 32.2 Å². The maximum Gasteiger partial charge on any atom is 0.123 e. The Bertz CT molecular complexity index is 520. The van der Waals surface area contributed by atoms with Gasteiger partial charge in [0.1, 0.15) is 5.82 Å². The van der Waals surface area contributed by atoms with Crippen LogP contribution in [-0.2, 0) is 0 Å². The SMILES string of the molecule is CCNC(c1cc2cc(F)ccc2s1)C(C)CC. The normalized spacial score (nSPS) is 14.9. The first-order chi connectivity index (χ1) is 8.65. The Hall–Kier alpha value is -0.930. The zero-order chi connectivity index (χ0) is 13.1. The van der Waals surface area contributed by atoms with Crippen molar-refractivity contribution in [1.82, 2.24) is 5.32 Å². The Morgan fingerprint density at radius 3 is 2.72 bits per heavy atom. The second kappa shape index (κ2) is 5.81. The van der Waals surface area contributed by atoms with Gasteiger partial charge in [-0.15, -0.1) is 11.3 Å². The van der Waals surface area contributed by atoms with E-state index in [1.165, 1.54) is 10.9 Å². The Kier molecular flexibility index (Phi) is 4.36. The van der Waals surface area contributed by atoms with Crippen LogP contribution in [0, 0.1) is 11.7 Å². The number of thiophene rings is 1. The lowest BCUT2D eigenvalue weighted by atomic mass is 9.97. The highest BCUT2D eigenvalue weighted by molar-refractivity contribution is 7.19. The summed E-state index contributed by atoms with van der Waals surface area (Å²) in [4.78, 5) is 1.31. The number of nitrogens with one attached hydrogen (secondary N) is 1. The third-order valence-corrected chi connectivity index (χ3v) is 4.64. The van der Waals surface area contributed by atoms with E-state index in [0.717, 1.165) is 23.1 Å². The predicted molar refractivity (Wildman–Crippen MR) is 77.7 cm³/mol. The zero-order valence-electron chi connectivity index (χ0n) is 11.2. The number of halogens is 1. The smallest absolute Gasteiger partial charge is 0.123 e. The van der Waals surface area contributed by atoms with Crippen LogP contribution >= 0.6 is 11.3 Å². The molecule has 0 fully saturated rings. The molecule has 98 valence electrons. The Labute approximate surface area is 112 Å². The van der Waals surface area contributed by atoms with Gasteiger partial charge in [-0.1, -0.05) is 27.2 Å². The summed E-state index contributed by atoms with van der Waals surface area (Å²) in [5.41, 5.74) is 0. The molecule has 1 nitrogen and oxygen atoms in total. The van der Waals surface area contributed by atoms with Crippen molar-refractivity contribution in [2.75, 3.05) is 6.54 Å². The summed E-state index contributed by atoms with van der Waals surface area (Å²) in [5, 5.41) is 4.56. The summed E-state index contributed by atoms with van der Waals surface area (Å²) in [6, 6.07) is 7.53. The van der Waals surface area contributed by atoms with Crippen LogP contribution in [0.3, 0.4) is 0 Å². The first-order valence-corrected chi connectivity index (χ1v) is 7.39. The quantitative estimate of drug-likeness (QED) is 0.823. The van der Waals surface area contributed by atoms with E-state index in [1.807, 2.05) is 6.07 Å². The van der Waals surface area contributed by atoms with Gasteiger partial charge in [0, 0.05) is 15.6 Å². The number of hydrogen-bond acceptors (Lipinski definition) is 2. The minimum Gasteiger partial charge on any atom is -0.309 e. The fraction of sp³-hybridized carbons (Fsp3) is 0.467. The molecule has 2 unspecified atom stereocenters. The van der Waals surface area contributed by atoms with E-state index in [-0.39, 0.29) is 5.82 Å². The lowest BCUT2D eigenvalue weighted by molar-refractivity contribution is 0.389. The monoisotopic (exact) mass is 265 g/mol. The fourth-order valence-electron chi connectivity index (χ4n) is 2.23. The van der Waals surface area contributed by atoms with Gasteiger partial charge < -0.3 is 5.32 Å². The molecule has 0 saturated heterocycles. The van der Waals surface area contributed by atoms with E-state index >= 15 is 0 Å². The third-order valence-electron chi connectivity index (χ3n) is 3.44. The minimum atomic E-state index is -0.157. The highest BCUT2D eigenvalue weighted by atomic mass is 32.1. The van der Waals surface area contributed by atoms with Crippen LogP contribution in [-0.4, -0.2) is 6.54 Å². The fourth-order valence-corrected chi connectivity index (χ4v) is 3.48. The first-order valence-electron chi connectivity index (χ1n) is 6.58. The van der Waals surface area contributed by atoms with Crippen LogP contribution < -0.4 is 5.32 Å². The number of fused-ring (bicyclic) bond motifs is 1. The summed E-state index contributed by atoms with van der Waals surface area (Å²) in [6.07, 6.45) is 1.14. The van der Waals surface area contributed by atoms with Gasteiger partial charge in [-0.3, -0.25) is 0 Å². The Morgan fingerprint density at radius 2 is 2.06 bits per heavy atom. The van der Waals surface area contributed by atoms with E-state index in [0.29, 0.717) is 12.0 Å². The van der Waals surface area contributed by atoms with Crippen molar-refractivity contribution in [1.29, 1.82) is 0 Å². The molecule has 0 bridgehead atoms. The lowest BCUT2D eigenvalue weighted by Gasteiger charge is -2.22. The van der Waals surface area contributed by atoms with Gasteiger partial charge in [-0.05, 0) is 42.1 Å². The van der Waals surface area contributed by atoms with E-state index in [9.17, 15) is 4.39 Å². The van der Waals surface area contributed by atoms with E-state index in [4.69, 9.17) is 0 Å². The minimum absolute atomic E-state index is 0.157. The summed E-state index contributed by atoms with van der Waals surface area (Å²) in [6.45, 7) is 7.56. The van der Waals surface area contributed by atoms with Crippen LogP contribution in [0.5, 0.6) is 0 Å². The second-order valence-corrected chi connectivity index (χ2v) is 5.87. The molecular formula is C15H20FNS. The molecule has 1 aromatic carbocycles. The number of rotatable bonds is 5. The average Bonchev–Trinajstić information content (AvgIpc) is 2.77. The summed E-state index contributed by atoms with van der Waals surface area (Å²) in [7, 11) is 0. The molecule has 2 aromatic rings. The molecule has 3 heteroatoms. The van der Waals surface area contributed by atoms with Crippen LogP contribution in [0.4, 0.5) is 4.39 Å². The standard InChI is InChI=1S/C15H20FNS/c1-4-10(3)15(17-5-2)14-9-11-8-12(16)6-7-13(11)18-14/h6-10,15,17H,4-5H2,1-3H3. The molecule has 0 saturated carbocycles. The molecule has 0 amide bonds. The van der Waals surface area contributed by atoms with Gasteiger partial charge in [0.25, 0.3) is 0 Å². The molecular weight excluding hydrogens is 245 g/mol. The predicted octanol–water partition coefficient (Wildman–Crippen LogP) is 4.74. The maximum atomic E-state index is 13.2. The van der Waals surface area contributed by atoms with Crippen molar-refractivity contribution in [2.24, 2.45) is 5.92 Å². The van der Waals surface area contributed by atoms with Crippen LogP contribution in [0.15, 0.2) is 24.3 Å². The maximum absolute atomic E-state index is 13.2. The summed E-state index contributed by atoms with van der Waals surface area (Å²) in [5.74, 6) is 0.429. The highest BCUT2D eigenvalue weighted by Crippen LogP contribution is 2.34. The topological polar surface area (TPSA) is 12.0 Å². The third kappa shape index (κ3) is 2.73. The molecule has 0 aliphatic rings. The molecule has 2 atom stereocenters. The lowest BCUT2D eigenvalue weighted by Crippen LogP contribution is -2.25. The molecule has 2 rings (SSSR count). The summed E-state index contributed by atoms with van der Waals surface area (Å²) >= 11 is 1.77. The molecule has 1 N–H and O–H groups in total. The van der Waals surface area contributed by atoms with E-state index < -0.39 is 0 Å². The van der Waals surface area contributed by atoms with Crippen molar-refractivity contribution in [2.45, 2.75) is 33.2 Å². The second-order valence-electron chi connectivity index (χ2n) is 4.75. The van der Waals surface area contributed by atoms with Gasteiger partial charge in [0.2, 0.25) is 0 Å². The van der Waals surface area contributed by atoms with Crippen molar-refractivity contribution >= 4 is 21.4 Å².